The van der Waals surface area contributed by atoms with Crippen LogP contribution in [0.15, 0.2) is 18.3 Å². The molecule has 0 saturated heterocycles. The summed E-state index contributed by atoms with van der Waals surface area (Å²) in [4.78, 5) is 4.05. The van der Waals surface area contributed by atoms with Crippen molar-refractivity contribution in [2.45, 2.75) is 13.5 Å². The first kappa shape index (κ1) is 8.01. The Morgan fingerprint density at radius 1 is 1.64 bits per heavy atom. The maximum absolute atomic E-state index is 8.77. The zero-order valence-electron chi connectivity index (χ0n) is 6.54. The van der Waals surface area contributed by atoms with Gasteiger partial charge in [0.1, 0.15) is 5.82 Å². The van der Waals surface area contributed by atoms with Crippen molar-refractivity contribution in [1.82, 2.24) is 4.98 Å². The number of pyridine rings is 1. The zero-order valence-corrected chi connectivity index (χ0v) is 6.54. The SMILES string of the molecule is CCNc1cc(CO)ccn1. The average molecular weight is 152 g/mol. The van der Waals surface area contributed by atoms with Crippen molar-refractivity contribution >= 4 is 5.82 Å². The highest BCUT2D eigenvalue weighted by Crippen LogP contribution is 2.05. The fraction of sp³-hybridized carbons (Fsp3) is 0.375. The summed E-state index contributed by atoms with van der Waals surface area (Å²) < 4.78 is 0. The van der Waals surface area contributed by atoms with Crippen molar-refractivity contribution in [3.63, 3.8) is 0 Å². The zero-order chi connectivity index (χ0) is 8.10. The van der Waals surface area contributed by atoms with Gasteiger partial charge in [-0.15, -0.1) is 0 Å². The fourth-order valence-electron chi connectivity index (χ4n) is 0.850. The predicted octanol–water partition coefficient (Wildman–Crippen LogP) is 1.01. The first-order chi connectivity index (χ1) is 5.36. The summed E-state index contributed by atoms with van der Waals surface area (Å²) in [6, 6.07) is 3.63. The minimum Gasteiger partial charge on any atom is -0.392 e. The van der Waals surface area contributed by atoms with E-state index >= 15 is 0 Å². The second-order valence-corrected chi connectivity index (χ2v) is 2.24. The van der Waals surface area contributed by atoms with Crippen LogP contribution in [0, 0.1) is 0 Å². The molecule has 0 amide bonds. The quantitative estimate of drug-likeness (QED) is 0.679. The highest BCUT2D eigenvalue weighted by atomic mass is 16.3. The third-order valence-corrected chi connectivity index (χ3v) is 1.36. The fourth-order valence-corrected chi connectivity index (χ4v) is 0.850. The topological polar surface area (TPSA) is 45.1 Å². The third kappa shape index (κ3) is 2.20. The van der Waals surface area contributed by atoms with Crippen LogP contribution in [0.4, 0.5) is 5.82 Å². The molecule has 1 rings (SSSR count). The molecule has 0 fully saturated rings. The molecule has 3 heteroatoms. The van der Waals surface area contributed by atoms with Gasteiger partial charge in [-0.25, -0.2) is 4.98 Å². The number of aliphatic hydroxyl groups excluding tert-OH is 1. The number of nitrogens with zero attached hydrogens (tertiary/aromatic N) is 1. The van der Waals surface area contributed by atoms with E-state index in [0.29, 0.717) is 0 Å². The van der Waals surface area contributed by atoms with Gasteiger partial charge in [0.2, 0.25) is 0 Å². The summed E-state index contributed by atoms with van der Waals surface area (Å²) in [7, 11) is 0. The number of aromatic nitrogens is 1. The Kier molecular flexibility index (Phi) is 2.86. The maximum Gasteiger partial charge on any atom is 0.126 e. The average Bonchev–Trinajstić information content (AvgIpc) is 2.06. The minimum absolute atomic E-state index is 0.0704. The predicted molar refractivity (Wildman–Crippen MR) is 44.3 cm³/mol. The van der Waals surface area contributed by atoms with E-state index in [2.05, 4.69) is 10.3 Å². The van der Waals surface area contributed by atoms with Crippen LogP contribution in [0.5, 0.6) is 0 Å². The highest BCUT2D eigenvalue weighted by molar-refractivity contribution is 5.36. The Hall–Kier alpha value is -1.09. The van der Waals surface area contributed by atoms with Crippen LogP contribution in [-0.4, -0.2) is 16.6 Å². The molecular formula is C8H12N2O. The Morgan fingerprint density at radius 2 is 2.45 bits per heavy atom. The summed E-state index contributed by atoms with van der Waals surface area (Å²) >= 11 is 0. The van der Waals surface area contributed by atoms with Crippen molar-refractivity contribution in [1.29, 1.82) is 0 Å². The largest absolute Gasteiger partial charge is 0.392 e. The Balaban J connectivity index is 2.74. The van der Waals surface area contributed by atoms with E-state index in [-0.39, 0.29) is 6.61 Å². The van der Waals surface area contributed by atoms with Gasteiger partial charge in [0.05, 0.1) is 6.61 Å². The second-order valence-electron chi connectivity index (χ2n) is 2.24. The van der Waals surface area contributed by atoms with Gasteiger partial charge < -0.3 is 10.4 Å². The lowest BCUT2D eigenvalue weighted by atomic mass is 10.3. The molecule has 1 heterocycles. The molecule has 0 radical (unpaired) electrons. The second kappa shape index (κ2) is 3.93. The third-order valence-electron chi connectivity index (χ3n) is 1.36. The molecule has 0 aliphatic rings. The summed E-state index contributed by atoms with van der Waals surface area (Å²) in [5, 5.41) is 11.8. The summed E-state index contributed by atoms with van der Waals surface area (Å²) in [6.45, 7) is 2.93. The van der Waals surface area contributed by atoms with E-state index in [9.17, 15) is 0 Å². The van der Waals surface area contributed by atoms with Crippen molar-refractivity contribution < 1.29 is 5.11 Å². The van der Waals surface area contributed by atoms with Crippen LogP contribution in [0.1, 0.15) is 12.5 Å². The van der Waals surface area contributed by atoms with E-state index < -0.39 is 0 Å². The molecule has 0 bridgehead atoms. The molecule has 0 spiro atoms. The van der Waals surface area contributed by atoms with E-state index in [1.165, 1.54) is 0 Å². The summed E-state index contributed by atoms with van der Waals surface area (Å²) in [5.41, 5.74) is 0.885. The van der Waals surface area contributed by atoms with Crippen LogP contribution in [0.3, 0.4) is 0 Å². The Labute approximate surface area is 66.1 Å². The lowest BCUT2D eigenvalue weighted by Crippen LogP contribution is -1.99. The normalized spacial score (nSPS) is 9.64. The van der Waals surface area contributed by atoms with Crippen molar-refractivity contribution in [3.05, 3.63) is 23.9 Å². The molecule has 2 N–H and O–H groups in total. The van der Waals surface area contributed by atoms with E-state index in [1.54, 1.807) is 12.3 Å². The van der Waals surface area contributed by atoms with Crippen LogP contribution < -0.4 is 5.32 Å². The van der Waals surface area contributed by atoms with Gasteiger partial charge in [0, 0.05) is 12.7 Å². The first-order valence-electron chi connectivity index (χ1n) is 3.66. The molecule has 11 heavy (non-hydrogen) atoms. The smallest absolute Gasteiger partial charge is 0.126 e. The lowest BCUT2D eigenvalue weighted by molar-refractivity contribution is 0.282. The molecule has 0 aliphatic carbocycles. The first-order valence-corrected chi connectivity index (χ1v) is 3.66. The van der Waals surface area contributed by atoms with Crippen molar-refractivity contribution in [2.75, 3.05) is 11.9 Å². The standard InChI is InChI=1S/C8H12N2O/c1-2-9-8-5-7(6-11)3-4-10-8/h3-5,11H,2,6H2,1H3,(H,9,10). The van der Waals surface area contributed by atoms with Crippen molar-refractivity contribution in [2.24, 2.45) is 0 Å². The van der Waals surface area contributed by atoms with Crippen molar-refractivity contribution in [3.8, 4) is 0 Å². The van der Waals surface area contributed by atoms with Gasteiger partial charge >= 0.3 is 0 Å². The molecule has 0 saturated carbocycles. The Bertz CT molecular complexity index is 225. The highest BCUT2D eigenvalue weighted by Gasteiger charge is 1.92. The van der Waals surface area contributed by atoms with E-state index in [1.807, 2.05) is 13.0 Å². The number of anilines is 1. The molecule has 1 aromatic heterocycles. The van der Waals surface area contributed by atoms with Crippen LogP contribution >= 0.6 is 0 Å². The number of hydrogen-bond acceptors (Lipinski definition) is 3. The molecular weight excluding hydrogens is 140 g/mol. The van der Waals surface area contributed by atoms with Gasteiger partial charge in [0.15, 0.2) is 0 Å². The number of hydrogen-bond donors (Lipinski definition) is 2. The van der Waals surface area contributed by atoms with Crippen LogP contribution in [0.25, 0.3) is 0 Å². The van der Waals surface area contributed by atoms with Gasteiger partial charge in [-0.3, -0.25) is 0 Å². The van der Waals surface area contributed by atoms with Gasteiger partial charge in [-0.05, 0) is 24.6 Å². The molecule has 1 aromatic rings. The molecule has 0 unspecified atom stereocenters. The Morgan fingerprint density at radius 3 is 3.09 bits per heavy atom. The van der Waals surface area contributed by atoms with E-state index in [0.717, 1.165) is 17.9 Å². The molecule has 0 aromatic carbocycles. The number of nitrogens with one attached hydrogen (secondary N) is 1. The number of aliphatic hydroxyl groups is 1. The minimum atomic E-state index is 0.0704. The van der Waals surface area contributed by atoms with E-state index in [4.69, 9.17) is 5.11 Å². The van der Waals surface area contributed by atoms with Gasteiger partial charge in [-0.1, -0.05) is 0 Å². The molecule has 0 aliphatic heterocycles. The number of rotatable bonds is 3. The summed E-state index contributed by atoms with van der Waals surface area (Å²) in [6.07, 6.45) is 1.68. The monoisotopic (exact) mass is 152 g/mol. The molecule has 60 valence electrons. The molecule has 0 atom stereocenters. The summed E-state index contributed by atoms with van der Waals surface area (Å²) in [5.74, 6) is 0.819. The van der Waals surface area contributed by atoms with Gasteiger partial charge in [0.25, 0.3) is 0 Å². The maximum atomic E-state index is 8.77. The van der Waals surface area contributed by atoms with Crippen LogP contribution in [0.2, 0.25) is 0 Å². The van der Waals surface area contributed by atoms with Crippen LogP contribution in [-0.2, 0) is 6.61 Å². The molecule has 3 nitrogen and oxygen atoms in total. The van der Waals surface area contributed by atoms with Gasteiger partial charge in [-0.2, -0.15) is 0 Å². The lowest BCUT2D eigenvalue weighted by Gasteiger charge is -2.02.